The molecular formula is C11H9ClF3N3O. The summed E-state index contributed by atoms with van der Waals surface area (Å²) in [6, 6.07) is 0.813. The largest absolute Gasteiger partial charge is 0.417 e. The number of rotatable bonds is 2. The summed E-state index contributed by atoms with van der Waals surface area (Å²) in [4.78, 5) is 15.2. The summed E-state index contributed by atoms with van der Waals surface area (Å²) in [5.74, 6) is -0.282. The minimum Gasteiger partial charge on any atom is -0.359 e. The lowest BCUT2D eigenvalue weighted by Gasteiger charge is -2.07. The molecule has 19 heavy (non-hydrogen) atoms. The van der Waals surface area contributed by atoms with Crippen LogP contribution in [0, 0.1) is 0 Å². The number of carbonyl (C=O) groups is 1. The zero-order valence-electron chi connectivity index (χ0n) is 9.75. The van der Waals surface area contributed by atoms with E-state index >= 15 is 0 Å². The van der Waals surface area contributed by atoms with Crippen molar-refractivity contribution in [3.8, 4) is 0 Å². The zero-order chi connectivity index (χ0) is 14.2. The SMILES string of the molecule is CNC(=O)Cc1cn2cc(C(F)(F)F)cc(Cl)c2n1. The monoisotopic (exact) mass is 291 g/mol. The molecule has 0 spiro atoms. The summed E-state index contributed by atoms with van der Waals surface area (Å²) < 4.78 is 39.0. The molecule has 0 fully saturated rings. The van der Waals surface area contributed by atoms with Gasteiger partial charge in [0.15, 0.2) is 5.65 Å². The average Bonchev–Trinajstić information content (AvgIpc) is 2.70. The smallest absolute Gasteiger partial charge is 0.359 e. The van der Waals surface area contributed by atoms with E-state index in [1.807, 2.05) is 0 Å². The highest BCUT2D eigenvalue weighted by Gasteiger charge is 2.31. The second-order valence-electron chi connectivity index (χ2n) is 3.89. The molecule has 0 saturated carbocycles. The number of pyridine rings is 1. The van der Waals surface area contributed by atoms with Gasteiger partial charge >= 0.3 is 6.18 Å². The third kappa shape index (κ3) is 2.81. The van der Waals surface area contributed by atoms with E-state index in [1.165, 1.54) is 17.6 Å². The van der Waals surface area contributed by atoms with Gasteiger partial charge in [-0.2, -0.15) is 13.2 Å². The molecular weight excluding hydrogens is 283 g/mol. The van der Waals surface area contributed by atoms with Crippen LogP contribution in [0.2, 0.25) is 5.02 Å². The van der Waals surface area contributed by atoms with Gasteiger partial charge in [0, 0.05) is 19.4 Å². The van der Waals surface area contributed by atoms with Crippen LogP contribution in [0.25, 0.3) is 5.65 Å². The second kappa shape index (κ2) is 4.73. The van der Waals surface area contributed by atoms with Crippen LogP contribution < -0.4 is 5.32 Å². The van der Waals surface area contributed by atoms with Gasteiger partial charge in [0.25, 0.3) is 0 Å². The number of hydrogen-bond acceptors (Lipinski definition) is 2. The van der Waals surface area contributed by atoms with Gasteiger partial charge in [0.1, 0.15) is 0 Å². The summed E-state index contributed by atoms with van der Waals surface area (Å²) in [7, 11) is 1.47. The Bertz CT molecular complexity index is 636. The Morgan fingerprint density at radius 1 is 1.47 bits per heavy atom. The van der Waals surface area contributed by atoms with Gasteiger partial charge in [-0.3, -0.25) is 4.79 Å². The van der Waals surface area contributed by atoms with Gasteiger partial charge in [-0.1, -0.05) is 11.6 Å². The van der Waals surface area contributed by atoms with Crippen molar-refractivity contribution in [3.05, 3.63) is 34.7 Å². The summed E-state index contributed by atoms with van der Waals surface area (Å²) in [5, 5.41) is 2.29. The van der Waals surface area contributed by atoms with Gasteiger partial charge in [0.2, 0.25) is 5.91 Å². The number of likely N-dealkylation sites (N-methyl/N-ethyl adjacent to an activating group) is 1. The van der Waals surface area contributed by atoms with Crippen LogP contribution in [0.5, 0.6) is 0 Å². The Morgan fingerprint density at radius 2 is 2.16 bits per heavy atom. The molecule has 0 aliphatic heterocycles. The maximum absolute atomic E-state index is 12.6. The number of alkyl halides is 3. The lowest BCUT2D eigenvalue weighted by atomic mass is 10.3. The first-order chi connectivity index (χ1) is 8.81. The first kappa shape index (κ1) is 13.7. The van der Waals surface area contributed by atoms with Gasteiger partial charge in [-0.15, -0.1) is 0 Å². The van der Waals surface area contributed by atoms with Crippen molar-refractivity contribution in [2.75, 3.05) is 7.05 Å². The number of nitrogens with one attached hydrogen (secondary N) is 1. The highest BCUT2D eigenvalue weighted by molar-refractivity contribution is 6.33. The number of halogens is 4. The molecule has 2 heterocycles. The Morgan fingerprint density at radius 3 is 2.74 bits per heavy atom. The molecule has 102 valence electrons. The van der Waals surface area contributed by atoms with Gasteiger partial charge in [-0.05, 0) is 6.07 Å². The van der Waals surface area contributed by atoms with Crippen molar-refractivity contribution in [1.29, 1.82) is 0 Å². The van der Waals surface area contributed by atoms with Crippen LogP contribution in [0.1, 0.15) is 11.3 Å². The summed E-state index contributed by atoms with van der Waals surface area (Å²) >= 11 is 5.77. The lowest BCUT2D eigenvalue weighted by molar-refractivity contribution is -0.137. The number of carbonyl (C=O) groups excluding carboxylic acids is 1. The van der Waals surface area contributed by atoms with Crippen molar-refractivity contribution in [3.63, 3.8) is 0 Å². The highest BCUT2D eigenvalue weighted by Crippen LogP contribution is 2.32. The van der Waals surface area contributed by atoms with Crippen LogP contribution in [-0.4, -0.2) is 22.3 Å². The minimum absolute atomic E-state index is 0.0180. The average molecular weight is 292 g/mol. The Labute approximate surface area is 111 Å². The molecule has 0 aliphatic rings. The van der Waals surface area contributed by atoms with E-state index in [-0.39, 0.29) is 23.0 Å². The first-order valence-electron chi connectivity index (χ1n) is 5.26. The molecule has 1 amide bonds. The van der Waals surface area contributed by atoms with Crippen LogP contribution in [0.3, 0.4) is 0 Å². The summed E-state index contributed by atoms with van der Waals surface area (Å²) in [5.41, 5.74) is -0.331. The number of amides is 1. The van der Waals surface area contributed by atoms with Gasteiger partial charge < -0.3 is 9.72 Å². The fourth-order valence-electron chi connectivity index (χ4n) is 1.60. The predicted molar refractivity (Wildman–Crippen MR) is 63.0 cm³/mol. The number of aromatic nitrogens is 2. The third-order valence-electron chi connectivity index (χ3n) is 2.50. The van der Waals surface area contributed by atoms with Crippen LogP contribution in [0.15, 0.2) is 18.5 Å². The molecule has 4 nitrogen and oxygen atoms in total. The molecule has 0 saturated heterocycles. The van der Waals surface area contributed by atoms with E-state index in [2.05, 4.69) is 10.3 Å². The molecule has 2 rings (SSSR count). The number of hydrogen-bond donors (Lipinski definition) is 1. The fourth-order valence-corrected chi connectivity index (χ4v) is 1.86. The van der Waals surface area contributed by atoms with Crippen LogP contribution >= 0.6 is 11.6 Å². The molecule has 2 aromatic heterocycles. The normalized spacial score (nSPS) is 11.8. The fraction of sp³-hybridized carbons (Fsp3) is 0.273. The van der Waals surface area contributed by atoms with E-state index in [9.17, 15) is 18.0 Å². The molecule has 8 heteroatoms. The van der Waals surface area contributed by atoms with E-state index in [0.717, 1.165) is 12.3 Å². The van der Waals surface area contributed by atoms with Gasteiger partial charge in [-0.25, -0.2) is 4.98 Å². The predicted octanol–water partition coefficient (Wildman–Crippen LogP) is 2.29. The number of imidazole rings is 1. The van der Waals surface area contributed by atoms with Crippen molar-refractivity contribution >= 4 is 23.2 Å². The topological polar surface area (TPSA) is 46.4 Å². The van der Waals surface area contributed by atoms with Crippen molar-refractivity contribution in [2.45, 2.75) is 12.6 Å². The Kier molecular flexibility index (Phi) is 3.40. The molecule has 0 bridgehead atoms. The quantitative estimate of drug-likeness (QED) is 0.923. The maximum atomic E-state index is 12.6. The summed E-state index contributed by atoms with van der Waals surface area (Å²) in [6.45, 7) is 0. The molecule has 0 aliphatic carbocycles. The molecule has 0 unspecified atom stereocenters. The standard InChI is InChI=1S/C11H9ClF3N3O/c1-16-9(19)3-7-5-18-4-6(11(13,14)15)2-8(12)10(18)17-7/h2,4-5H,3H2,1H3,(H,16,19). The first-order valence-corrected chi connectivity index (χ1v) is 5.64. The van der Waals surface area contributed by atoms with Crippen LogP contribution in [-0.2, 0) is 17.4 Å². The van der Waals surface area contributed by atoms with Crippen molar-refractivity contribution < 1.29 is 18.0 Å². The van der Waals surface area contributed by atoms with Crippen molar-refractivity contribution in [2.24, 2.45) is 0 Å². The van der Waals surface area contributed by atoms with Crippen molar-refractivity contribution in [1.82, 2.24) is 14.7 Å². The molecule has 0 atom stereocenters. The molecule has 2 aromatic rings. The Balaban J connectivity index is 2.48. The maximum Gasteiger partial charge on any atom is 0.417 e. The number of nitrogens with zero attached hydrogens (tertiary/aromatic N) is 2. The highest BCUT2D eigenvalue weighted by atomic mass is 35.5. The lowest BCUT2D eigenvalue weighted by Crippen LogP contribution is -2.20. The van der Waals surface area contributed by atoms with Gasteiger partial charge in [0.05, 0.1) is 22.7 Å². The van der Waals surface area contributed by atoms with E-state index < -0.39 is 11.7 Å². The summed E-state index contributed by atoms with van der Waals surface area (Å²) in [6.07, 6.45) is -2.26. The van der Waals surface area contributed by atoms with E-state index in [0.29, 0.717) is 5.69 Å². The molecule has 1 N–H and O–H groups in total. The van der Waals surface area contributed by atoms with Crippen LogP contribution in [0.4, 0.5) is 13.2 Å². The third-order valence-corrected chi connectivity index (χ3v) is 2.78. The Hall–Kier alpha value is -1.76. The minimum atomic E-state index is -4.48. The molecule has 0 radical (unpaired) electrons. The molecule has 0 aromatic carbocycles. The van der Waals surface area contributed by atoms with E-state index in [4.69, 9.17) is 11.6 Å². The second-order valence-corrected chi connectivity index (χ2v) is 4.29. The van der Waals surface area contributed by atoms with E-state index in [1.54, 1.807) is 0 Å². The zero-order valence-corrected chi connectivity index (χ0v) is 10.5. The number of fused-ring (bicyclic) bond motifs is 1.